The number of carbonyl (C=O) groups excluding carboxylic acids is 1. The quantitative estimate of drug-likeness (QED) is 0.804. The second kappa shape index (κ2) is 7.71. The summed E-state index contributed by atoms with van der Waals surface area (Å²) in [5.41, 5.74) is 3.71. The van der Waals surface area contributed by atoms with Gasteiger partial charge in [0.1, 0.15) is 5.82 Å². The fourth-order valence-corrected chi connectivity index (χ4v) is 2.21. The Hall–Kier alpha value is -2.20. The van der Waals surface area contributed by atoms with Gasteiger partial charge in [0.25, 0.3) is 0 Å². The molecule has 0 aliphatic carbocycles. The van der Waals surface area contributed by atoms with Gasteiger partial charge in [0.15, 0.2) is 0 Å². The van der Waals surface area contributed by atoms with Gasteiger partial charge in [-0.15, -0.1) is 0 Å². The predicted molar refractivity (Wildman–Crippen MR) is 87.5 cm³/mol. The van der Waals surface area contributed by atoms with E-state index in [1.54, 1.807) is 12.1 Å². The zero-order valence-corrected chi connectivity index (χ0v) is 12.9. The molecule has 0 atom stereocenters. The van der Waals surface area contributed by atoms with Crippen molar-refractivity contribution in [3.8, 4) is 0 Å². The topological polar surface area (TPSA) is 41.1 Å². The van der Waals surface area contributed by atoms with Crippen molar-refractivity contribution in [1.82, 2.24) is 5.32 Å². The predicted octanol–water partition coefficient (Wildman–Crippen LogP) is 3.21. The molecule has 2 N–H and O–H groups in total. The van der Waals surface area contributed by atoms with Gasteiger partial charge in [-0.05, 0) is 55.6 Å². The molecule has 1 amide bonds. The van der Waals surface area contributed by atoms with Crippen LogP contribution in [0.2, 0.25) is 0 Å². The van der Waals surface area contributed by atoms with Crippen LogP contribution in [0.3, 0.4) is 0 Å². The minimum atomic E-state index is -0.205. The molecule has 2 rings (SSSR count). The van der Waals surface area contributed by atoms with Crippen molar-refractivity contribution < 1.29 is 9.18 Å². The first-order valence-electron chi connectivity index (χ1n) is 7.38. The first-order chi connectivity index (χ1) is 10.6. The number of aryl methyl sites for hydroxylation is 1. The van der Waals surface area contributed by atoms with E-state index in [1.807, 2.05) is 38.1 Å². The molecule has 0 saturated heterocycles. The summed E-state index contributed by atoms with van der Waals surface area (Å²) in [7, 11) is 0. The van der Waals surface area contributed by atoms with Crippen LogP contribution < -0.4 is 10.6 Å². The van der Waals surface area contributed by atoms with Gasteiger partial charge in [-0.3, -0.25) is 4.79 Å². The third-order valence-electron chi connectivity index (χ3n) is 3.69. The van der Waals surface area contributed by atoms with Crippen LogP contribution in [0, 0.1) is 19.7 Å². The lowest BCUT2D eigenvalue weighted by Gasteiger charge is -2.11. The summed E-state index contributed by atoms with van der Waals surface area (Å²) in [6.45, 7) is 4.76. The van der Waals surface area contributed by atoms with Crippen molar-refractivity contribution in [1.29, 1.82) is 0 Å². The zero-order valence-electron chi connectivity index (χ0n) is 12.9. The Morgan fingerprint density at radius 1 is 1.09 bits per heavy atom. The molecule has 0 heterocycles. The van der Waals surface area contributed by atoms with Crippen LogP contribution in [0.25, 0.3) is 0 Å². The monoisotopic (exact) mass is 300 g/mol. The van der Waals surface area contributed by atoms with Crippen LogP contribution in [-0.4, -0.2) is 19.0 Å². The van der Waals surface area contributed by atoms with Gasteiger partial charge in [-0.25, -0.2) is 4.39 Å². The zero-order chi connectivity index (χ0) is 15.9. The number of rotatable bonds is 6. The van der Waals surface area contributed by atoms with Crippen LogP contribution in [0.4, 0.5) is 10.1 Å². The number of halogens is 1. The molecule has 2 aromatic carbocycles. The highest BCUT2D eigenvalue weighted by atomic mass is 19.1. The van der Waals surface area contributed by atoms with Gasteiger partial charge < -0.3 is 10.6 Å². The highest BCUT2D eigenvalue weighted by molar-refractivity contribution is 5.93. The number of anilines is 1. The van der Waals surface area contributed by atoms with E-state index >= 15 is 0 Å². The Kier molecular flexibility index (Phi) is 5.67. The molecule has 0 radical (unpaired) electrons. The first-order valence-corrected chi connectivity index (χ1v) is 7.38. The van der Waals surface area contributed by atoms with E-state index in [1.165, 1.54) is 6.07 Å². The van der Waals surface area contributed by atoms with Crippen molar-refractivity contribution in [2.75, 3.05) is 18.4 Å². The Labute approximate surface area is 130 Å². The van der Waals surface area contributed by atoms with E-state index < -0.39 is 0 Å². The molecule has 0 bridgehead atoms. The number of carbonyl (C=O) groups is 1. The molecule has 0 spiro atoms. The Morgan fingerprint density at radius 3 is 2.64 bits per heavy atom. The largest absolute Gasteiger partial charge is 0.325 e. The van der Waals surface area contributed by atoms with Gasteiger partial charge in [0.05, 0.1) is 6.54 Å². The molecule has 0 unspecified atom stereocenters. The summed E-state index contributed by atoms with van der Waals surface area (Å²) >= 11 is 0. The Balaban J connectivity index is 1.76. The van der Waals surface area contributed by atoms with Crippen LogP contribution >= 0.6 is 0 Å². The Bertz CT molecular complexity index is 655. The second-order valence-electron chi connectivity index (χ2n) is 5.31. The lowest BCUT2D eigenvalue weighted by molar-refractivity contribution is -0.115. The number of amides is 1. The molecule has 116 valence electrons. The van der Waals surface area contributed by atoms with Gasteiger partial charge in [-0.2, -0.15) is 0 Å². The van der Waals surface area contributed by atoms with Crippen molar-refractivity contribution in [2.24, 2.45) is 0 Å². The average Bonchev–Trinajstić information content (AvgIpc) is 2.50. The normalized spacial score (nSPS) is 10.5. The van der Waals surface area contributed by atoms with E-state index in [4.69, 9.17) is 0 Å². The molecule has 0 aliphatic rings. The van der Waals surface area contributed by atoms with E-state index in [0.717, 1.165) is 16.8 Å². The number of benzene rings is 2. The highest BCUT2D eigenvalue weighted by Gasteiger charge is 2.06. The summed E-state index contributed by atoms with van der Waals surface area (Å²) in [5.74, 6) is -0.300. The molecular formula is C18H21FN2O. The van der Waals surface area contributed by atoms with Crippen LogP contribution in [-0.2, 0) is 11.2 Å². The number of nitrogens with one attached hydrogen (secondary N) is 2. The molecular weight excluding hydrogens is 279 g/mol. The second-order valence-corrected chi connectivity index (χ2v) is 5.31. The van der Waals surface area contributed by atoms with E-state index in [-0.39, 0.29) is 18.3 Å². The SMILES string of the molecule is Cc1cccc(NC(=O)CNCCc2ccccc2F)c1C. The summed E-state index contributed by atoms with van der Waals surface area (Å²) in [5, 5.41) is 5.92. The van der Waals surface area contributed by atoms with E-state index in [9.17, 15) is 9.18 Å². The molecule has 2 aromatic rings. The smallest absolute Gasteiger partial charge is 0.238 e. The lowest BCUT2D eigenvalue weighted by Crippen LogP contribution is -2.29. The van der Waals surface area contributed by atoms with Gasteiger partial charge >= 0.3 is 0 Å². The molecule has 4 heteroatoms. The summed E-state index contributed by atoms with van der Waals surface area (Å²) < 4.78 is 13.4. The molecule has 3 nitrogen and oxygen atoms in total. The maximum absolute atomic E-state index is 13.4. The number of hydrogen-bond acceptors (Lipinski definition) is 2. The van der Waals surface area contributed by atoms with Crippen LogP contribution in [0.1, 0.15) is 16.7 Å². The fourth-order valence-electron chi connectivity index (χ4n) is 2.21. The molecule has 0 aliphatic heterocycles. The van der Waals surface area contributed by atoms with Crippen LogP contribution in [0.15, 0.2) is 42.5 Å². The lowest BCUT2D eigenvalue weighted by atomic mass is 10.1. The van der Waals surface area contributed by atoms with Crippen molar-refractivity contribution in [3.63, 3.8) is 0 Å². The third-order valence-corrected chi connectivity index (χ3v) is 3.69. The Morgan fingerprint density at radius 2 is 1.86 bits per heavy atom. The van der Waals surface area contributed by atoms with E-state index in [2.05, 4.69) is 10.6 Å². The summed E-state index contributed by atoms with van der Waals surface area (Å²) in [6.07, 6.45) is 0.559. The van der Waals surface area contributed by atoms with Gasteiger partial charge in [-0.1, -0.05) is 30.3 Å². The third kappa shape index (κ3) is 4.40. The standard InChI is InChI=1S/C18H21FN2O/c1-13-6-5-9-17(14(13)2)21-18(22)12-20-11-10-15-7-3-4-8-16(15)19/h3-9,20H,10-12H2,1-2H3,(H,21,22). The minimum Gasteiger partial charge on any atom is -0.325 e. The molecule has 0 aromatic heterocycles. The number of hydrogen-bond donors (Lipinski definition) is 2. The van der Waals surface area contributed by atoms with Gasteiger partial charge in [0.2, 0.25) is 5.91 Å². The molecule has 0 saturated carbocycles. The highest BCUT2D eigenvalue weighted by Crippen LogP contribution is 2.17. The average molecular weight is 300 g/mol. The van der Waals surface area contributed by atoms with Crippen molar-refractivity contribution >= 4 is 11.6 Å². The van der Waals surface area contributed by atoms with Crippen LogP contribution in [0.5, 0.6) is 0 Å². The summed E-state index contributed by atoms with van der Waals surface area (Å²) in [6, 6.07) is 12.5. The van der Waals surface area contributed by atoms with Gasteiger partial charge in [0, 0.05) is 5.69 Å². The maximum atomic E-state index is 13.4. The summed E-state index contributed by atoms with van der Waals surface area (Å²) in [4.78, 5) is 11.9. The van der Waals surface area contributed by atoms with Crippen molar-refractivity contribution in [2.45, 2.75) is 20.3 Å². The first kappa shape index (κ1) is 16.2. The molecule has 0 fully saturated rings. The minimum absolute atomic E-state index is 0.0952. The fraction of sp³-hybridized carbons (Fsp3) is 0.278. The van der Waals surface area contributed by atoms with Crippen molar-refractivity contribution in [3.05, 3.63) is 65.0 Å². The maximum Gasteiger partial charge on any atom is 0.238 e. The van der Waals surface area contributed by atoms with E-state index in [0.29, 0.717) is 18.5 Å². The molecule has 22 heavy (non-hydrogen) atoms.